The van der Waals surface area contributed by atoms with Crippen molar-refractivity contribution in [3.8, 4) is 0 Å². The predicted molar refractivity (Wildman–Crippen MR) is 53.9 cm³/mol. The summed E-state index contributed by atoms with van der Waals surface area (Å²) in [6.45, 7) is 2.86. The first-order valence-electron chi connectivity index (χ1n) is 5.67. The highest BCUT2D eigenvalue weighted by Crippen LogP contribution is 2.18. The van der Waals surface area contributed by atoms with E-state index in [-0.39, 0.29) is 12.1 Å². The van der Waals surface area contributed by atoms with E-state index < -0.39 is 6.10 Å². The third-order valence-corrected chi connectivity index (χ3v) is 2.56. The zero-order valence-corrected chi connectivity index (χ0v) is 9.24. The lowest BCUT2D eigenvalue weighted by atomic mass is 10.0. The molecule has 87 valence electrons. The van der Waals surface area contributed by atoms with E-state index in [2.05, 4.69) is 0 Å². The number of carbonyl (C=O) groups is 1. The first-order chi connectivity index (χ1) is 7.24. The Bertz CT molecular complexity index is 193. The lowest BCUT2D eigenvalue weighted by Crippen LogP contribution is -2.33. The third kappa shape index (κ3) is 4.62. The maximum Gasteiger partial charge on any atom is 0.305 e. The zero-order valence-electron chi connectivity index (χ0n) is 9.24. The van der Waals surface area contributed by atoms with Gasteiger partial charge in [0.15, 0.2) is 0 Å². The molecular formula is C11H19O4. The van der Waals surface area contributed by atoms with Crippen LogP contribution < -0.4 is 0 Å². The fraction of sp³-hybridized carbons (Fsp3) is 0.909. The monoisotopic (exact) mass is 215 g/mol. The van der Waals surface area contributed by atoms with Crippen LogP contribution in [0.1, 0.15) is 39.0 Å². The summed E-state index contributed by atoms with van der Waals surface area (Å²) in [4.78, 5) is 10.8. The highest BCUT2D eigenvalue weighted by atomic mass is 16.5. The van der Waals surface area contributed by atoms with Crippen LogP contribution in [0, 0.1) is 0 Å². The molecule has 0 saturated carbocycles. The Morgan fingerprint density at radius 3 is 3.00 bits per heavy atom. The second-order valence-corrected chi connectivity index (χ2v) is 3.81. The molecule has 0 N–H and O–H groups in total. The van der Waals surface area contributed by atoms with Gasteiger partial charge >= 0.3 is 5.97 Å². The average molecular weight is 215 g/mol. The molecule has 0 amide bonds. The second kappa shape index (κ2) is 6.80. The molecule has 1 radical (unpaired) electrons. The minimum atomic E-state index is -0.597. The largest absolute Gasteiger partial charge is 0.466 e. The van der Waals surface area contributed by atoms with Gasteiger partial charge in [-0.3, -0.25) is 4.79 Å². The summed E-state index contributed by atoms with van der Waals surface area (Å²) in [5, 5.41) is 11.4. The fourth-order valence-corrected chi connectivity index (χ4v) is 1.65. The summed E-state index contributed by atoms with van der Waals surface area (Å²) in [7, 11) is 0. The molecule has 4 nitrogen and oxygen atoms in total. The molecule has 15 heavy (non-hydrogen) atoms. The fourth-order valence-electron chi connectivity index (χ4n) is 1.65. The van der Waals surface area contributed by atoms with Crippen molar-refractivity contribution in [3.63, 3.8) is 0 Å². The van der Waals surface area contributed by atoms with Gasteiger partial charge in [0.25, 0.3) is 0 Å². The van der Waals surface area contributed by atoms with Crippen LogP contribution in [0.2, 0.25) is 0 Å². The van der Waals surface area contributed by atoms with Crippen LogP contribution in [-0.2, 0) is 19.4 Å². The molecule has 0 aromatic heterocycles. The molecule has 2 atom stereocenters. The van der Waals surface area contributed by atoms with Gasteiger partial charge < -0.3 is 9.47 Å². The molecule has 0 spiro atoms. The molecule has 0 bridgehead atoms. The van der Waals surface area contributed by atoms with E-state index in [4.69, 9.17) is 9.47 Å². The molecule has 1 saturated heterocycles. The molecule has 0 aromatic carbocycles. The van der Waals surface area contributed by atoms with E-state index in [0.29, 0.717) is 32.5 Å². The summed E-state index contributed by atoms with van der Waals surface area (Å²) in [5.41, 5.74) is 0. The van der Waals surface area contributed by atoms with Gasteiger partial charge in [0.05, 0.1) is 12.7 Å². The molecular weight excluding hydrogens is 196 g/mol. The number of hydrogen-bond donors (Lipinski definition) is 0. The SMILES string of the molecule is CCC(=O)OCCCC1OCCCC1[O]. The summed E-state index contributed by atoms with van der Waals surface area (Å²) in [6.07, 6.45) is 2.62. The van der Waals surface area contributed by atoms with Crippen molar-refractivity contribution in [2.24, 2.45) is 0 Å². The van der Waals surface area contributed by atoms with Crippen LogP contribution in [0.4, 0.5) is 0 Å². The summed E-state index contributed by atoms with van der Waals surface area (Å²) < 4.78 is 10.3. The van der Waals surface area contributed by atoms with Crippen LogP contribution in [-0.4, -0.2) is 31.4 Å². The quantitative estimate of drug-likeness (QED) is 0.518. The lowest BCUT2D eigenvalue weighted by Gasteiger charge is -2.26. The number of ether oxygens (including phenoxy) is 2. The third-order valence-electron chi connectivity index (χ3n) is 2.56. The molecule has 1 rings (SSSR count). The van der Waals surface area contributed by atoms with Crippen molar-refractivity contribution in [2.45, 2.75) is 51.2 Å². The molecule has 1 fully saturated rings. The Hall–Kier alpha value is -0.610. The van der Waals surface area contributed by atoms with Gasteiger partial charge in [-0.05, 0) is 25.7 Å². The summed E-state index contributed by atoms with van der Waals surface area (Å²) in [5.74, 6) is -0.182. The Labute approximate surface area is 90.6 Å². The molecule has 1 aliphatic rings. The van der Waals surface area contributed by atoms with Crippen LogP contribution in [0.5, 0.6) is 0 Å². The Morgan fingerprint density at radius 1 is 1.53 bits per heavy atom. The highest BCUT2D eigenvalue weighted by molar-refractivity contribution is 5.68. The molecule has 1 heterocycles. The molecule has 4 heteroatoms. The van der Waals surface area contributed by atoms with E-state index in [1.807, 2.05) is 0 Å². The van der Waals surface area contributed by atoms with Crippen molar-refractivity contribution in [1.82, 2.24) is 0 Å². The summed E-state index contributed by atoms with van der Waals surface area (Å²) in [6, 6.07) is 0. The van der Waals surface area contributed by atoms with E-state index in [0.717, 1.165) is 12.8 Å². The minimum Gasteiger partial charge on any atom is -0.466 e. The predicted octanol–water partition coefficient (Wildman–Crippen LogP) is 1.70. The Morgan fingerprint density at radius 2 is 2.33 bits per heavy atom. The van der Waals surface area contributed by atoms with Crippen LogP contribution >= 0.6 is 0 Å². The number of esters is 1. The first-order valence-corrected chi connectivity index (χ1v) is 5.67. The lowest BCUT2D eigenvalue weighted by molar-refractivity contribution is -0.144. The van der Waals surface area contributed by atoms with E-state index in [1.54, 1.807) is 6.92 Å². The van der Waals surface area contributed by atoms with Crippen molar-refractivity contribution in [1.29, 1.82) is 0 Å². The number of hydrogen-bond acceptors (Lipinski definition) is 3. The average Bonchev–Trinajstić information content (AvgIpc) is 2.26. The van der Waals surface area contributed by atoms with Gasteiger partial charge in [0.2, 0.25) is 0 Å². The zero-order chi connectivity index (χ0) is 11.1. The van der Waals surface area contributed by atoms with Crippen LogP contribution in [0.15, 0.2) is 0 Å². The van der Waals surface area contributed by atoms with Crippen LogP contribution in [0.25, 0.3) is 0 Å². The minimum absolute atomic E-state index is 0.181. The van der Waals surface area contributed by atoms with Crippen molar-refractivity contribution in [2.75, 3.05) is 13.2 Å². The van der Waals surface area contributed by atoms with Gasteiger partial charge in [-0.2, -0.15) is 0 Å². The van der Waals surface area contributed by atoms with E-state index in [1.165, 1.54) is 0 Å². The molecule has 2 unspecified atom stereocenters. The van der Waals surface area contributed by atoms with Crippen molar-refractivity contribution in [3.05, 3.63) is 0 Å². The first kappa shape index (κ1) is 12.5. The second-order valence-electron chi connectivity index (χ2n) is 3.81. The molecule has 0 aliphatic carbocycles. The van der Waals surface area contributed by atoms with Crippen molar-refractivity contribution >= 4 is 5.97 Å². The van der Waals surface area contributed by atoms with Gasteiger partial charge in [-0.25, -0.2) is 5.11 Å². The smallest absolute Gasteiger partial charge is 0.305 e. The van der Waals surface area contributed by atoms with Gasteiger partial charge in [-0.15, -0.1) is 0 Å². The van der Waals surface area contributed by atoms with E-state index in [9.17, 15) is 9.90 Å². The Balaban J connectivity index is 2.06. The standard InChI is InChI=1S/C11H19O4/c1-2-11(13)15-8-4-6-10-9(12)5-3-7-14-10/h9-10H,2-8H2,1H3. The van der Waals surface area contributed by atoms with Gasteiger partial charge in [0, 0.05) is 13.0 Å². The van der Waals surface area contributed by atoms with Gasteiger partial charge in [0.1, 0.15) is 6.10 Å². The highest BCUT2D eigenvalue weighted by Gasteiger charge is 2.24. The van der Waals surface area contributed by atoms with E-state index >= 15 is 0 Å². The maximum atomic E-state index is 11.4. The molecule has 1 aliphatic heterocycles. The Kier molecular flexibility index (Phi) is 5.65. The number of carbonyl (C=O) groups excluding carboxylic acids is 1. The normalized spacial score (nSPS) is 26.3. The maximum absolute atomic E-state index is 11.4. The molecule has 0 aromatic rings. The van der Waals surface area contributed by atoms with Crippen LogP contribution in [0.3, 0.4) is 0 Å². The van der Waals surface area contributed by atoms with Crippen molar-refractivity contribution < 1.29 is 19.4 Å². The number of rotatable bonds is 5. The van der Waals surface area contributed by atoms with Gasteiger partial charge in [-0.1, -0.05) is 6.92 Å². The summed E-state index contributed by atoms with van der Waals surface area (Å²) >= 11 is 0. The topological polar surface area (TPSA) is 55.4 Å².